The first-order valence-corrected chi connectivity index (χ1v) is 19.0. The van der Waals surface area contributed by atoms with Gasteiger partial charge in [0.2, 0.25) is 0 Å². The third-order valence-corrected chi connectivity index (χ3v) is 8.10. The zero-order valence-corrected chi connectivity index (χ0v) is 32.0. The molecule has 0 saturated carbocycles. The molecule has 54 heavy (non-hydrogen) atoms. The van der Waals surface area contributed by atoms with E-state index in [-0.39, 0.29) is 37.9 Å². The summed E-state index contributed by atoms with van der Waals surface area (Å²) in [4.78, 5) is 35.9. The maximum Gasteiger partial charge on any atom is 0.338 e. The van der Waals surface area contributed by atoms with Crippen molar-refractivity contribution in [2.75, 3.05) is 39.6 Å². The van der Waals surface area contributed by atoms with E-state index >= 15 is 0 Å². The Morgan fingerprint density at radius 2 is 0.889 bits per heavy atom. The topological polar surface area (TPSA) is 148 Å². The van der Waals surface area contributed by atoms with Gasteiger partial charge in [-0.3, -0.25) is 0 Å². The van der Waals surface area contributed by atoms with Crippen molar-refractivity contribution in [2.24, 2.45) is 0 Å². The van der Waals surface area contributed by atoms with Crippen LogP contribution in [0, 0.1) is 0 Å². The van der Waals surface area contributed by atoms with Crippen LogP contribution in [-0.2, 0) is 14.3 Å². The van der Waals surface area contributed by atoms with Crippen LogP contribution in [0.25, 0.3) is 11.1 Å². The second kappa shape index (κ2) is 25.9. The first kappa shape index (κ1) is 43.4. The highest BCUT2D eigenvalue weighted by Gasteiger charge is 2.11. The van der Waals surface area contributed by atoms with E-state index in [1.807, 2.05) is 36.4 Å². The summed E-state index contributed by atoms with van der Waals surface area (Å²) in [6, 6.07) is 15.8. The second-order valence-electron chi connectivity index (χ2n) is 13.0. The van der Waals surface area contributed by atoms with Gasteiger partial charge in [-0.15, -0.1) is 15.0 Å². The zero-order valence-electron chi connectivity index (χ0n) is 32.0. The summed E-state index contributed by atoms with van der Waals surface area (Å²) in [5, 5.41) is 9.00. The highest BCUT2D eigenvalue weighted by molar-refractivity contribution is 5.88. The van der Waals surface area contributed by atoms with Crippen molar-refractivity contribution in [2.45, 2.75) is 97.3 Å². The normalized spacial score (nSPS) is 10.7. The number of aliphatic hydroxyl groups is 1. The highest BCUT2D eigenvalue weighted by atomic mass is 16.5. The molecular weight excluding hydrogens is 690 g/mol. The predicted octanol–water partition coefficient (Wildman–Crippen LogP) is 8.42. The number of hydrogen-bond acceptors (Lipinski definition) is 12. The van der Waals surface area contributed by atoms with Crippen LogP contribution in [0.15, 0.2) is 72.8 Å². The lowest BCUT2D eigenvalue weighted by atomic mass is 10.1. The van der Waals surface area contributed by atoms with Gasteiger partial charge in [0.25, 0.3) is 0 Å². The highest BCUT2D eigenvalue weighted by Crippen LogP contribution is 2.25. The number of aromatic nitrogens is 3. The van der Waals surface area contributed by atoms with Crippen molar-refractivity contribution in [1.82, 2.24) is 15.0 Å². The molecule has 3 rings (SSSR count). The van der Waals surface area contributed by atoms with Crippen LogP contribution in [-0.4, -0.2) is 71.6 Å². The number of esters is 2. The summed E-state index contributed by atoms with van der Waals surface area (Å²) >= 11 is 0. The minimum Gasteiger partial charge on any atom is -0.494 e. The van der Waals surface area contributed by atoms with Crippen molar-refractivity contribution < 1.29 is 43.1 Å². The molecule has 0 spiro atoms. The Morgan fingerprint density at radius 3 is 1.33 bits per heavy atom. The number of carbonyl (C=O) groups is 2. The van der Waals surface area contributed by atoms with E-state index in [9.17, 15) is 9.59 Å². The van der Waals surface area contributed by atoms with Gasteiger partial charge in [0.1, 0.15) is 11.5 Å². The van der Waals surface area contributed by atoms with Gasteiger partial charge in [-0.05, 0) is 74.9 Å². The molecule has 0 amide bonds. The lowest BCUT2D eigenvalue weighted by molar-refractivity contribution is -0.139. The van der Waals surface area contributed by atoms with Crippen LogP contribution in [0.5, 0.6) is 29.5 Å². The number of rotatable bonds is 29. The summed E-state index contributed by atoms with van der Waals surface area (Å²) in [7, 11) is 0. The predicted molar refractivity (Wildman–Crippen MR) is 207 cm³/mol. The van der Waals surface area contributed by atoms with E-state index in [0.29, 0.717) is 56.0 Å². The average molecular weight is 748 g/mol. The lowest BCUT2D eigenvalue weighted by Gasteiger charge is -2.10. The molecule has 0 aliphatic rings. The van der Waals surface area contributed by atoms with Crippen molar-refractivity contribution >= 4 is 11.9 Å². The third kappa shape index (κ3) is 18.2. The summed E-state index contributed by atoms with van der Waals surface area (Å²) in [5.41, 5.74) is 2.81. The van der Waals surface area contributed by atoms with E-state index in [2.05, 4.69) is 28.1 Å². The van der Waals surface area contributed by atoms with Gasteiger partial charge in [-0.25, -0.2) is 9.59 Å². The fourth-order valence-corrected chi connectivity index (χ4v) is 5.03. The fourth-order valence-electron chi connectivity index (χ4n) is 5.03. The van der Waals surface area contributed by atoms with Crippen LogP contribution >= 0.6 is 0 Å². The van der Waals surface area contributed by atoms with E-state index in [4.69, 9.17) is 33.5 Å². The van der Waals surface area contributed by atoms with Crippen LogP contribution in [0.1, 0.15) is 97.3 Å². The van der Waals surface area contributed by atoms with Crippen molar-refractivity contribution in [3.05, 3.63) is 72.8 Å². The van der Waals surface area contributed by atoms with Crippen molar-refractivity contribution in [1.29, 1.82) is 0 Å². The summed E-state index contributed by atoms with van der Waals surface area (Å²) in [6.07, 6.45) is 13.1. The third-order valence-electron chi connectivity index (χ3n) is 8.10. The molecule has 294 valence electrons. The molecule has 0 bridgehead atoms. The Morgan fingerprint density at radius 1 is 0.500 bits per heavy atom. The SMILES string of the molecule is C=C(C)C(=O)OCCCOc1nc(OCCCCO)nc(OCCCCCCCCCCCCOc2ccc(-c3ccc(OC(=O)C(=C)C)cc3)cc2)n1. The second-order valence-corrected chi connectivity index (χ2v) is 13.0. The zero-order chi connectivity index (χ0) is 38.8. The van der Waals surface area contributed by atoms with Gasteiger partial charge < -0.3 is 33.5 Å². The van der Waals surface area contributed by atoms with E-state index < -0.39 is 11.9 Å². The molecule has 2 aromatic carbocycles. The maximum atomic E-state index is 11.7. The lowest BCUT2D eigenvalue weighted by Crippen LogP contribution is -2.12. The molecule has 0 atom stereocenters. The van der Waals surface area contributed by atoms with Gasteiger partial charge in [-0.2, -0.15) is 0 Å². The Labute approximate surface area is 319 Å². The number of ether oxygens (including phenoxy) is 6. The Hall–Kier alpha value is -4.97. The molecule has 12 heteroatoms. The largest absolute Gasteiger partial charge is 0.494 e. The molecule has 1 aromatic heterocycles. The molecule has 0 fully saturated rings. The molecule has 0 radical (unpaired) electrons. The molecule has 1 heterocycles. The van der Waals surface area contributed by atoms with Crippen molar-refractivity contribution in [3.63, 3.8) is 0 Å². The molecule has 0 aliphatic carbocycles. The Kier molecular flexibility index (Phi) is 20.8. The number of aliphatic hydroxyl groups excluding tert-OH is 1. The monoisotopic (exact) mass is 747 g/mol. The fraction of sp³-hybridized carbons (Fsp3) is 0.500. The standard InChI is InChI=1S/C42H57N3O9/c1-32(2)38(47)50-30-17-31-53-42-44-40(43-41(45-42)52-29-16-13-26-46)51-28-15-12-10-8-6-5-7-9-11-14-27-49-36-22-18-34(19-23-36)35-20-24-37(25-21-35)54-39(48)33(3)4/h18-25,46H,1,3,5-17,26-31H2,2,4H3. The van der Waals surface area contributed by atoms with E-state index in [1.165, 1.54) is 32.1 Å². The summed E-state index contributed by atoms with van der Waals surface area (Å²) < 4.78 is 33.3. The van der Waals surface area contributed by atoms with Crippen LogP contribution in [0.3, 0.4) is 0 Å². The van der Waals surface area contributed by atoms with Gasteiger partial charge in [0.05, 0.1) is 33.0 Å². The van der Waals surface area contributed by atoms with Crippen LogP contribution in [0.4, 0.5) is 0 Å². The Balaban J connectivity index is 1.21. The quantitative estimate of drug-likeness (QED) is 0.0315. The number of hydrogen-bond donors (Lipinski definition) is 1. The first-order valence-electron chi connectivity index (χ1n) is 19.0. The summed E-state index contributed by atoms with van der Waals surface area (Å²) in [5.74, 6) is 0.489. The molecule has 3 aromatic rings. The summed E-state index contributed by atoms with van der Waals surface area (Å²) in [6.45, 7) is 12.4. The number of nitrogens with zero attached hydrogens (tertiary/aromatic N) is 3. The minimum atomic E-state index is -0.438. The van der Waals surface area contributed by atoms with Crippen LogP contribution < -0.4 is 23.7 Å². The molecule has 0 unspecified atom stereocenters. The average Bonchev–Trinajstić information content (AvgIpc) is 3.17. The minimum absolute atomic E-state index is 0.0768. The van der Waals surface area contributed by atoms with Gasteiger partial charge >= 0.3 is 30.0 Å². The Bertz CT molecular complexity index is 1560. The number of unbranched alkanes of at least 4 members (excludes halogenated alkanes) is 10. The number of carbonyl (C=O) groups excluding carboxylic acids is 2. The van der Waals surface area contributed by atoms with Gasteiger partial charge in [-0.1, -0.05) is 88.8 Å². The molecule has 0 saturated heterocycles. The first-order chi connectivity index (χ1) is 26.2. The maximum absolute atomic E-state index is 11.7. The number of benzene rings is 2. The molecule has 0 aliphatic heterocycles. The van der Waals surface area contributed by atoms with Crippen molar-refractivity contribution in [3.8, 4) is 40.7 Å². The van der Waals surface area contributed by atoms with Gasteiger partial charge in [0, 0.05) is 24.2 Å². The van der Waals surface area contributed by atoms with E-state index in [1.54, 1.807) is 26.0 Å². The van der Waals surface area contributed by atoms with E-state index in [0.717, 1.165) is 49.0 Å². The van der Waals surface area contributed by atoms with Crippen LogP contribution in [0.2, 0.25) is 0 Å². The smallest absolute Gasteiger partial charge is 0.338 e. The molecular formula is C42H57N3O9. The van der Waals surface area contributed by atoms with Gasteiger partial charge in [0.15, 0.2) is 0 Å². The molecule has 12 nitrogen and oxygen atoms in total. The molecule has 1 N–H and O–H groups in total.